The third-order valence-electron chi connectivity index (χ3n) is 2.10. The van der Waals surface area contributed by atoms with Gasteiger partial charge < -0.3 is 10.1 Å². The van der Waals surface area contributed by atoms with Crippen molar-refractivity contribution in [1.82, 2.24) is 4.98 Å². The van der Waals surface area contributed by atoms with Crippen molar-refractivity contribution in [3.63, 3.8) is 0 Å². The third-order valence-corrected chi connectivity index (χ3v) is 3.44. The van der Waals surface area contributed by atoms with Gasteiger partial charge in [0.2, 0.25) is 5.91 Å². The molecule has 19 heavy (non-hydrogen) atoms. The van der Waals surface area contributed by atoms with E-state index in [0.717, 1.165) is 0 Å². The number of nitrogens with zero attached hydrogens (tertiary/aromatic N) is 1. The molecule has 1 atom stereocenters. The van der Waals surface area contributed by atoms with Gasteiger partial charge in [-0.2, -0.15) is 0 Å². The highest BCUT2D eigenvalue weighted by atomic mass is 35.5. The fourth-order valence-electron chi connectivity index (χ4n) is 1.15. The number of pyridine rings is 1. The van der Waals surface area contributed by atoms with Gasteiger partial charge in [-0.3, -0.25) is 9.59 Å². The quantitative estimate of drug-likeness (QED) is 0.817. The molecule has 0 saturated carbocycles. The Morgan fingerprint density at radius 1 is 1.53 bits per heavy atom. The van der Waals surface area contributed by atoms with E-state index in [9.17, 15) is 9.59 Å². The summed E-state index contributed by atoms with van der Waals surface area (Å²) >= 11 is 6.91. The monoisotopic (exact) mass is 302 g/mol. The van der Waals surface area contributed by atoms with Crippen LogP contribution in [0, 0.1) is 0 Å². The second-order valence-electron chi connectivity index (χ2n) is 3.61. The van der Waals surface area contributed by atoms with Crippen LogP contribution < -0.4 is 5.32 Å². The highest BCUT2D eigenvalue weighted by Crippen LogP contribution is 2.14. The smallest absolute Gasteiger partial charge is 0.315 e. The normalized spacial score (nSPS) is 11.7. The van der Waals surface area contributed by atoms with Crippen molar-refractivity contribution in [2.45, 2.75) is 19.1 Å². The number of anilines is 1. The fraction of sp³-hybridized carbons (Fsp3) is 0.417. The Morgan fingerprint density at radius 2 is 2.26 bits per heavy atom. The molecule has 0 bridgehead atoms. The van der Waals surface area contributed by atoms with E-state index in [-0.39, 0.29) is 22.9 Å². The van der Waals surface area contributed by atoms with Crippen LogP contribution in [0.25, 0.3) is 0 Å². The molecule has 0 aliphatic heterocycles. The number of ether oxygens (including phenoxy) is 1. The number of amides is 1. The first kappa shape index (κ1) is 15.8. The summed E-state index contributed by atoms with van der Waals surface area (Å²) in [4.78, 5) is 26.9. The van der Waals surface area contributed by atoms with Crippen LogP contribution in [-0.2, 0) is 14.3 Å². The first-order chi connectivity index (χ1) is 9.02. The molecule has 1 N–H and O–H groups in total. The summed E-state index contributed by atoms with van der Waals surface area (Å²) in [6.45, 7) is 3.80. The van der Waals surface area contributed by atoms with Gasteiger partial charge in [0.1, 0.15) is 5.82 Å². The van der Waals surface area contributed by atoms with Gasteiger partial charge in [0.25, 0.3) is 0 Å². The maximum absolute atomic E-state index is 11.8. The molecule has 0 aliphatic carbocycles. The summed E-state index contributed by atoms with van der Waals surface area (Å²) in [5.41, 5.74) is 0. The van der Waals surface area contributed by atoms with Gasteiger partial charge >= 0.3 is 5.97 Å². The SMILES string of the molecule is CCOC(=O)CSC(C)C(=O)Nc1ccc(Cl)cn1. The van der Waals surface area contributed by atoms with E-state index >= 15 is 0 Å². The number of rotatable bonds is 6. The standard InChI is InChI=1S/C12H15ClN2O3S/c1-3-18-11(16)7-19-8(2)12(17)15-10-5-4-9(13)6-14-10/h4-6,8H,3,7H2,1-2H3,(H,14,15,17). The number of aromatic nitrogens is 1. The topological polar surface area (TPSA) is 68.3 Å². The minimum Gasteiger partial charge on any atom is -0.465 e. The molecule has 1 heterocycles. The minimum atomic E-state index is -0.373. The third kappa shape index (κ3) is 5.94. The van der Waals surface area contributed by atoms with E-state index in [1.54, 1.807) is 26.0 Å². The van der Waals surface area contributed by atoms with Crippen LogP contribution in [0.3, 0.4) is 0 Å². The largest absolute Gasteiger partial charge is 0.465 e. The van der Waals surface area contributed by atoms with E-state index in [1.807, 2.05) is 0 Å². The zero-order chi connectivity index (χ0) is 14.3. The van der Waals surface area contributed by atoms with Crippen molar-refractivity contribution in [2.24, 2.45) is 0 Å². The lowest BCUT2D eigenvalue weighted by molar-refractivity contribution is -0.139. The molecule has 104 valence electrons. The number of thioether (sulfide) groups is 1. The van der Waals surface area contributed by atoms with E-state index in [1.165, 1.54) is 18.0 Å². The van der Waals surface area contributed by atoms with Crippen LogP contribution in [0.1, 0.15) is 13.8 Å². The van der Waals surface area contributed by atoms with Gasteiger partial charge in [0, 0.05) is 6.20 Å². The van der Waals surface area contributed by atoms with Crippen LogP contribution in [0.2, 0.25) is 5.02 Å². The van der Waals surface area contributed by atoms with Gasteiger partial charge in [0.05, 0.1) is 22.6 Å². The second kappa shape index (κ2) is 8.01. The van der Waals surface area contributed by atoms with Crippen LogP contribution in [0.15, 0.2) is 18.3 Å². The maximum atomic E-state index is 11.8. The Balaban J connectivity index is 2.40. The van der Waals surface area contributed by atoms with E-state index in [0.29, 0.717) is 17.4 Å². The van der Waals surface area contributed by atoms with Crippen molar-refractivity contribution >= 4 is 41.1 Å². The molecule has 1 rings (SSSR count). The lowest BCUT2D eigenvalue weighted by Crippen LogP contribution is -2.24. The highest BCUT2D eigenvalue weighted by molar-refractivity contribution is 8.01. The number of hydrogen-bond donors (Lipinski definition) is 1. The molecule has 0 fully saturated rings. The number of carbonyl (C=O) groups is 2. The summed E-state index contributed by atoms with van der Waals surface area (Å²) in [5, 5.41) is 2.77. The Kier molecular flexibility index (Phi) is 6.66. The Hall–Kier alpha value is -1.27. The van der Waals surface area contributed by atoms with Crippen LogP contribution in [-0.4, -0.2) is 34.5 Å². The summed E-state index contributed by atoms with van der Waals surface area (Å²) in [7, 11) is 0. The highest BCUT2D eigenvalue weighted by Gasteiger charge is 2.16. The molecule has 0 saturated heterocycles. The molecule has 0 aromatic carbocycles. The first-order valence-electron chi connectivity index (χ1n) is 5.72. The van der Waals surface area contributed by atoms with Gasteiger partial charge in [-0.1, -0.05) is 11.6 Å². The van der Waals surface area contributed by atoms with Crippen LogP contribution >= 0.6 is 23.4 Å². The molecule has 1 unspecified atom stereocenters. The number of nitrogens with one attached hydrogen (secondary N) is 1. The number of esters is 1. The van der Waals surface area contributed by atoms with Gasteiger partial charge in [-0.25, -0.2) is 4.98 Å². The molecule has 1 amide bonds. The van der Waals surface area contributed by atoms with E-state index in [2.05, 4.69) is 10.3 Å². The molecule has 1 aromatic heterocycles. The van der Waals surface area contributed by atoms with E-state index in [4.69, 9.17) is 16.3 Å². The summed E-state index contributed by atoms with van der Waals surface area (Å²) in [5.74, 6) is 0.0371. The van der Waals surface area contributed by atoms with Gasteiger partial charge in [-0.15, -0.1) is 11.8 Å². The minimum absolute atomic E-state index is 0.149. The van der Waals surface area contributed by atoms with Crippen molar-refractivity contribution in [3.8, 4) is 0 Å². The summed E-state index contributed by atoms with van der Waals surface area (Å²) in [6.07, 6.45) is 1.45. The summed E-state index contributed by atoms with van der Waals surface area (Å²) in [6, 6.07) is 3.25. The molecule has 1 aromatic rings. The Morgan fingerprint density at radius 3 is 2.84 bits per heavy atom. The summed E-state index contributed by atoms with van der Waals surface area (Å²) < 4.78 is 4.78. The average molecular weight is 303 g/mol. The number of halogens is 1. The predicted molar refractivity (Wildman–Crippen MR) is 76.4 cm³/mol. The van der Waals surface area contributed by atoms with Crippen molar-refractivity contribution < 1.29 is 14.3 Å². The zero-order valence-corrected chi connectivity index (χ0v) is 12.3. The van der Waals surface area contributed by atoms with Gasteiger partial charge in [0.15, 0.2) is 0 Å². The maximum Gasteiger partial charge on any atom is 0.315 e. The molecule has 0 spiro atoms. The lowest BCUT2D eigenvalue weighted by Gasteiger charge is -2.11. The lowest BCUT2D eigenvalue weighted by atomic mass is 10.4. The molecule has 5 nitrogen and oxygen atoms in total. The molecule has 0 radical (unpaired) electrons. The molecular formula is C12H15ClN2O3S. The average Bonchev–Trinajstić information content (AvgIpc) is 2.39. The van der Waals surface area contributed by atoms with Crippen molar-refractivity contribution in [2.75, 3.05) is 17.7 Å². The number of carbonyl (C=O) groups excluding carboxylic acids is 2. The second-order valence-corrected chi connectivity index (χ2v) is 5.37. The molecule has 7 heteroatoms. The van der Waals surface area contributed by atoms with Gasteiger partial charge in [-0.05, 0) is 26.0 Å². The van der Waals surface area contributed by atoms with Crippen LogP contribution in [0.5, 0.6) is 0 Å². The van der Waals surface area contributed by atoms with Crippen LogP contribution in [0.4, 0.5) is 5.82 Å². The molecule has 0 aliphatic rings. The Labute approximate surface area is 121 Å². The van der Waals surface area contributed by atoms with E-state index < -0.39 is 0 Å². The molecular weight excluding hydrogens is 288 g/mol. The van der Waals surface area contributed by atoms with Crippen molar-refractivity contribution in [1.29, 1.82) is 0 Å². The zero-order valence-electron chi connectivity index (χ0n) is 10.7. The fourth-order valence-corrected chi connectivity index (χ4v) is 1.94. The predicted octanol–water partition coefficient (Wildman–Crippen LogP) is 2.36. The Bertz CT molecular complexity index is 439. The van der Waals surface area contributed by atoms with Crippen molar-refractivity contribution in [3.05, 3.63) is 23.4 Å². The number of hydrogen-bond acceptors (Lipinski definition) is 5. The first-order valence-corrected chi connectivity index (χ1v) is 7.15.